The number of furan rings is 1. The molecule has 364 valence electrons. The summed E-state index contributed by atoms with van der Waals surface area (Å²) < 4.78 is 20.0. The predicted molar refractivity (Wildman–Crippen MR) is 314 cm³/mol. The number of anilines is 3. The highest BCUT2D eigenvalue weighted by atomic mass is 16.5. The van der Waals surface area contributed by atoms with E-state index in [0.29, 0.717) is 0 Å². The van der Waals surface area contributed by atoms with Crippen LogP contribution < -0.4 is 14.4 Å². The van der Waals surface area contributed by atoms with Gasteiger partial charge in [-0.05, 0) is 122 Å². The molecule has 4 heteroatoms. The molecule has 13 aromatic rings. The van der Waals surface area contributed by atoms with Crippen molar-refractivity contribution in [3.63, 3.8) is 0 Å². The Balaban J connectivity index is 0.853. The summed E-state index contributed by atoms with van der Waals surface area (Å²) >= 11 is 0. The fourth-order valence-corrected chi connectivity index (χ4v) is 14.1. The van der Waals surface area contributed by atoms with Crippen molar-refractivity contribution in [3.8, 4) is 67.5 Å². The number of para-hydroxylation sites is 6. The molecule has 78 heavy (non-hydrogen) atoms. The first-order valence-corrected chi connectivity index (χ1v) is 26.8. The van der Waals surface area contributed by atoms with Crippen LogP contribution in [0.3, 0.4) is 0 Å². The number of ether oxygens (including phenoxy) is 2. The van der Waals surface area contributed by atoms with Crippen LogP contribution >= 0.6 is 0 Å². The lowest BCUT2D eigenvalue weighted by Gasteiger charge is -2.39. The van der Waals surface area contributed by atoms with Gasteiger partial charge in [0.25, 0.3) is 0 Å². The van der Waals surface area contributed by atoms with Crippen LogP contribution in [-0.2, 0) is 10.8 Å². The molecule has 3 heterocycles. The Morgan fingerprint density at radius 3 is 1.35 bits per heavy atom. The smallest absolute Gasteiger partial charge is 0.143 e. The summed E-state index contributed by atoms with van der Waals surface area (Å²) in [6.07, 6.45) is 0. The minimum absolute atomic E-state index is 0.557. The largest absolute Gasteiger partial charge is 0.457 e. The van der Waals surface area contributed by atoms with E-state index in [9.17, 15) is 0 Å². The van der Waals surface area contributed by atoms with E-state index >= 15 is 0 Å². The van der Waals surface area contributed by atoms with E-state index in [4.69, 9.17) is 13.9 Å². The monoisotopic (exact) mass is 995 g/mol. The topological polar surface area (TPSA) is 34.8 Å². The molecule has 0 saturated heterocycles. The third-order valence-electron chi connectivity index (χ3n) is 17.2. The highest BCUT2D eigenvalue weighted by Crippen LogP contribution is 2.65. The molecular formula is C74H45NO3. The van der Waals surface area contributed by atoms with E-state index in [1.807, 2.05) is 12.1 Å². The number of nitrogens with zero attached hydrogens (tertiary/aromatic N) is 1. The van der Waals surface area contributed by atoms with Gasteiger partial charge in [-0.2, -0.15) is 0 Å². The average molecular weight is 996 g/mol. The number of benzene rings is 12. The zero-order valence-corrected chi connectivity index (χ0v) is 42.2. The zero-order chi connectivity index (χ0) is 51.1. The Hall–Kier alpha value is -10.2. The third kappa shape index (κ3) is 5.73. The predicted octanol–water partition coefficient (Wildman–Crippen LogP) is 19.3. The van der Waals surface area contributed by atoms with Crippen LogP contribution in [0.1, 0.15) is 44.5 Å². The molecule has 12 aromatic carbocycles. The van der Waals surface area contributed by atoms with E-state index in [1.54, 1.807) is 0 Å². The van der Waals surface area contributed by atoms with Crippen LogP contribution in [0.4, 0.5) is 17.1 Å². The van der Waals surface area contributed by atoms with Crippen LogP contribution in [0.15, 0.2) is 277 Å². The van der Waals surface area contributed by atoms with Gasteiger partial charge in [0.2, 0.25) is 0 Å². The summed E-state index contributed by atoms with van der Waals surface area (Å²) in [5, 5.41) is 2.23. The second kappa shape index (κ2) is 16.2. The fourth-order valence-electron chi connectivity index (χ4n) is 14.1. The zero-order valence-electron chi connectivity index (χ0n) is 42.2. The van der Waals surface area contributed by atoms with Gasteiger partial charge in [0.1, 0.15) is 34.2 Å². The van der Waals surface area contributed by atoms with Gasteiger partial charge in [0.15, 0.2) is 0 Å². The van der Waals surface area contributed by atoms with Gasteiger partial charge in [-0.25, -0.2) is 0 Å². The van der Waals surface area contributed by atoms with Crippen LogP contribution in [-0.4, -0.2) is 0 Å². The molecular weight excluding hydrogens is 951 g/mol. The Morgan fingerprint density at radius 2 is 0.718 bits per heavy atom. The van der Waals surface area contributed by atoms with Crippen LogP contribution in [0.2, 0.25) is 0 Å². The van der Waals surface area contributed by atoms with Crippen molar-refractivity contribution in [2.24, 2.45) is 0 Å². The van der Waals surface area contributed by atoms with Crippen molar-refractivity contribution in [2.45, 2.75) is 10.8 Å². The van der Waals surface area contributed by atoms with E-state index < -0.39 is 10.8 Å². The molecule has 2 aliphatic heterocycles. The lowest BCUT2D eigenvalue weighted by atomic mass is 9.66. The fraction of sp³-hybridized carbons (Fsp3) is 0.0270. The molecule has 2 aliphatic carbocycles. The van der Waals surface area contributed by atoms with Gasteiger partial charge in [-0.3, -0.25) is 0 Å². The van der Waals surface area contributed by atoms with Gasteiger partial charge in [-0.15, -0.1) is 0 Å². The summed E-state index contributed by atoms with van der Waals surface area (Å²) in [5.74, 6) is 3.52. The minimum atomic E-state index is -0.617. The van der Waals surface area contributed by atoms with Gasteiger partial charge >= 0.3 is 0 Å². The lowest BCUT2D eigenvalue weighted by molar-refractivity contribution is 0.436. The van der Waals surface area contributed by atoms with Crippen molar-refractivity contribution in [3.05, 3.63) is 317 Å². The van der Waals surface area contributed by atoms with Crippen LogP contribution in [0.25, 0.3) is 66.4 Å². The Bertz CT molecular complexity index is 4550. The van der Waals surface area contributed by atoms with Crippen LogP contribution in [0.5, 0.6) is 23.0 Å². The maximum Gasteiger partial charge on any atom is 0.143 e. The van der Waals surface area contributed by atoms with E-state index in [1.165, 1.54) is 44.5 Å². The third-order valence-corrected chi connectivity index (χ3v) is 17.2. The van der Waals surface area contributed by atoms with Crippen molar-refractivity contribution >= 4 is 39.0 Å². The number of fused-ring (bicyclic) bond motifs is 21. The molecule has 0 saturated carbocycles. The van der Waals surface area contributed by atoms with Gasteiger partial charge in [0, 0.05) is 55.5 Å². The maximum absolute atomic E-state index is 6.73. The SMILES string of the molecule is c1ccc2c(c1)Oc1ccccc1C21c2ccccc2-c2ccc(-c3ccc(N(c4ccc(-c5cccc6c5oc5ccccc56)cc4)c4cccc5c4-c4ccccc4C54c5ccccc5Oc5ccccc54)cc3)cc21. The maximum atomic E-state index is 6.73. The van der Waals surface area contributed by atoms with Gasteiger partial charge < -0.3 is 18.8 Å². The van der Waals surface area contributed by atoms with E-state index in [0.717, 1.165) is 107 Å². The normalized spacial score (nSPS) is 14.1. The molecule has 0 atom stereocenters. The van der Waals surface area contributed by atoms with Crippen LogP contribution in [0, 0.1) is 0 Å². The van der Waals surface area contributed by atoms with E-state index in [2.05, 4.69) is 266 Å². The summed E-state index contributed by atoms with van der Waals surface area (Å²) in [5.41, 5.74) is 22.7. The first-order chi connectivity index (χ1) is 38.7. The molecule has 0 radical (unpaired) electrons. The molecule has 0 amide bonds. The summed E-state index contributed by atoms with van der Waals surface area (Å²) in [6, 6.07) is 99.1. The van der Waals surface area contributed by atoms with Crippen molar-refractivity contribution in [2.75, 3.05) is 4.90 Å². The van der Waals surface area contributed by atoms with Crippen molar-refractivity contribution < 1.29 is 13.9 Å². The minimum Gasteiger partial charge on any atom is -0.457 e. The number of hydrogen-bond donors (Lipinski definition) is 0. The molecule has 0 bridgehead atoms. The summed E-state index contributed by atoms with van der Waals surface area (Å²) in [7, 11) is 0. The van der Waals surface area contributed by atoms with Gasteiger partial charge in [-0.1, -0.05) is 206 Å². The quantitative estimate of drug-likeness (QED) is 0.172. The first-order valence-electron chi connectivity index (χ1n) is 26.8. The molecule has 4 aliphatic rings. The first kappa shape index (κ1) is 43.1. The summed E-state index contributed by atoms with van der Waals surface area (Å²) in [4.78, 5) is 2.45. The molecule has 4 nitrogen and oxygen atoms in total. The van der Waals surface area contributed by atoms with Gasteiger partial charge in [0.05, 0.1) is 16.5 Å². The number of rotatable bonds is 5. The molecule has 0 unspecified atom stereocenters. The van der Waals surface area contributed by atoms with E-state index in [-0.39, 0.29) is 0 Å². The molecule has 2 spiro atoms. The molecule has 0 fully saturated rings. The lowest BCUT2D eigenvalue weighted by Crippen LogP contribution is -2.32. The summed E-state index contributed by atoms with van der Waals surface area (Å²) in [6.45, 7) is 0. The molecule has 17 rings (SSSR count). The Labute approximate surface area is 451 Å². The standard InChI is InChI=1S/C74H45NO3/c1-4-22-57-52(17-1)53-44-39-48(45-64(53)74(57)61-26-8-13-33-69(61)77-70-34-14-9-27-62(70)74)46-35-40-49(41-36-46)75(50-42-37-47(38-43-50)51-20-15-21-55-54-18-3-10-30-66(54)78-72(51)55)65-29-16-28-63-71(65)56-19-2-5-23-58(56)73(63)59-24-6-11-31-67(59)76-68-32-12-7-25-60(68)73/h1-45H. The second-order valence-corrected chi connectivity index (χ2v) is 20.9. The average Bonchev–Trinajstić information content (AvgIpc) is 4.19. The molecule has 1 aromatic heterocycles. The van der Waals surface area contributed by atoms with Crippen molar-refractivity contribution in [1.29, 1.82) is 0 Å². The van der Waals surface area contributed by atoms with Crippen molar-refractivity contribution in [1.82, 2.24) is 0 Å². The molecule has 0 N–H and O–H groups in total. The second-order valence-electron chi connectivity index (χ2n) is 20.9. The highest BCUT2D eigenvalue weighted by molar-refractivity contribution is 6.09. The highest BCUT2D eigenvalue weighted by Gasteiger charge is 2.53. The Morgan fingerprint density at radius 1 is 0.282 bits per heavy atom. The number of hydrogen-bond acceptors (Lipinski definition) is 4. The Kier molecular flexibility index (Phi) is 8.94.